The quantitative estimate of drug-likeness (QED) is 0.0881. The maximum absolute atomic E-state index is 11.4. The predicted octanol–water partition coefficient (Wildman–Crippen LogP) is -0.230. The average Bonchev–Trinajstić information content (AvgIpc) is 3.58. The van der Waals surface area contributed by atoms with Gasteiger partial charge in [-0.3, -0.25) is 20.2 Å². The van der Waals surface area contributed by atoms with Crippen LogP contribution in [0, 0.1) is 20.2 Å². The molecule has 1 N–H and O–H groups in total. The zero-order chi connectivity index (χ0) is 31.9. The number of carbonyl (C=O) groups excluding carboxylic acids is 2. The zero-order valence-corrected chi connectivity index (χ0v) is 27.2. The van der Waals surface area contributed by atoms with E-state index in [4.69, 9.17) is 30.9 Å². The molecule has 1 aliphatic rings. The van der Waals surface area contributed by atoms with Crippen molar-refractivity contribution in [3.8, 4) is 5.88 Å². The molecule has 0 aromatic carbocycles. The van der Waals surface area contributed by atoms with Crippen LogP contribution in [0.25, 0.3) is 0 Å². The van der Waals surface area contributed by atoms with Crippen molar-refractivity contribution < 1.29 is 83.9 Å². The van der Waals surface area contributed by atoms with Gasteiger partial charge in [-0.25, -0.2) is 19.6 Å². The Bertz CT molecular complexity index is 1140. The number of nitrogens with zero attached hydrogens (tertiary/aromatic N) is 4. The summed E-state index contributed by atoms with van der Waals surface area (Å²) in [5.74, 6) is -1.54. The minimum atomic E-state index is -0.819. The van der Waals surface area contributed by atoms with E-state index in [2.05, 4.69) is 24.2 Å². The van der Waals surface area contributed by atoms with Gasteiger partial charge in [0.25, 0.3) is 0 Å². The van der Waals surface area contributed by atoms with E-state index in [0.717, 1.165) is 45.9 Å². The van der Waals surface area contributed by atoms with Gasteiger partial charge in [-0.1, -0.05) is 11.6 Å². The molecule has 2 aromatic heterocycles. The smallest absolute Gasteiger partial charge is 1.00 e. The summed E-state index contributed by atoms with van der Waals surface area (Å²) in [6.07, 6.45) is 4.42. The second-order valence-electron chi connectivity index (χ2n) is 7.44. The Morgan fingerprint density at radius 3 is 1.77 bits per heavy atom. The molecule has 0 bridgehead atoms. The summed E-state index contributed by atoms with van der Waals surface area (Å²) in [5.41, 5.74) is -1.27. The molecule has 0 aliphatic carbocycles. The molecular formula is C24H34ClN4NaO13. The molecule has 0 spiro atoms. The number of ether oxygens (including phenoxy) is 6. The number of hydrogen-bond acceptors (Lipinski definition) is 15. The van der Waals surface area contributed by atoms with Crippen molar-refractivity contribution in [1.29, 1.82) is 0 Å². The second-order valence-corrected chi connectivity index (χ2v) is 7.83. The number of aromatic nitrogens is 2. The van der Waals surface area contributed by atoms with Gasteiger partial charge in [-0.05, 0) is 18.9 Å². The molecule has 236 valence electrons. The second kappa shape index (κ2) is 25.5. The number of nitro groups is 2. The molecule has 1 saturated heterocycles. The van der Waals surface area contributed by atoms with Crippen LogP contribution >= 0.6 is 11.6 Å². The van der Waals surface area contributed by atoms with Crippen molar-refractivity contribution in [2.45, 2.75) is 12.8 Å². The monoisotopic (exact) mass is 644 g/mol. The molecular weight excluding hydrogens is 611 g/mol. The third-order valence-corrected chi connectivity index (χ3v) is 4.78. The Hall–Kier alpha value is -3.03. The van der Waals surface area contributed by atoms with Gasteiger partial charge < -0.3 is 35.0 Å². The molecule has 43 heavy (non-hydrogen) atoms. The van der Waals surface area contributed by atoms with E-state index in [-0.39, 0.29) is 66.4 Å². The largest absolute Gasteiger partial charge is 1.00 e. The Labute approximate surface area is 275 Å². The first-order valence-corrected chi connectivity index (χ1v) is 12.4. The van der Waals surface area contributed by atoms with Gasteiger partial charge in [0, 0.05) is 33.5 Å². The maximum Gasteiger partial charge on any atom is 1.00 e. The molecule has 2 aromatic rings. The fourth-order valence-corrected chi connectivity index (χ4v) is 2.76. The van der Waals surface area contributed by atoms with Crippen LogP contribution in [0.4, 0.5) is 11.4 Å². The van der Waals surface area contributed by atoms with Crippen molar-refractivity contribution in [3.63, 3.8) is 0 Å². The Morgan fingerprint density at radius 2 is 1.40 bits per heavy atom. The van der Waals surface area contributed by atoms with Crippen LogP contribution < -0.4 is 34.3 Å². The topological polar surface area (TPSA) is 222 Å². The van der Waals surface area contributed by atoms with E-state index >= 15 is 0 Å². The molecule has 3 rings (SSSR count). The number of aliphatic hydroxyl groups is 1. The van der Waals surface area contributed by atoms with E-state index in [1.165, 1.54) is 26.0 Å². The van der Waals surface area contributed by atoms with E-state index < -0.39 is 33.2 Å². The van der Waals surface area contributed by atoms with Crippen LogP contribution in [-0.4, -0.2) is 105 Å². The summed E-state index contributed by atoms with van der Waals surface area (Å²) in [6.45, 7) is 3.13. The first kappa shape index (κ1) is 42.1. The van der Waals surface area contributed by atoms with Gasteiger partial charge in [0.2, 0.25) is 5.88 Å². The third kappa shape index (κ3) is 17.6. The van der Waals surface area contributed by atoms with Crippen LogP contribution in [0.3, 0.4) is 0 Å². The molecule has 0 atom stereocenters. The number of hydrogen-bond donors (Lipinski definition) is 1. The molecule has 0 unspecified atom stereocenters. The summed E-state index contributed by atoms with van der Waals surface area (Å²) in [6, 6.07) is 2.26. The van der Waals surface area contributed by atoms with Crippen molar-refractivity contribution in [2.75, 3.05) is 68.1 Å². The summed E-state index contributed by atoms with van der Waals surface area (Å²) in [5, 5.41) is 29.1. The van der Waals surface area contributed by atoms with Crippen LogP contribution in [0.2, 0.25) is 5.15 Å². The van der Waals surface area contributed by atoms with Gasteiger partial charge in [0.1, 0.15) is 35.3 Å². The van der Waals surface area contributed by atoms with Crippen LogP contribution in [0.15, 0.2) is 24.5 Å². The molecule has 0 saturated carbocycles. The number of pyridine rings is 2. The molecule has 0 amide bonds. The average molecular weight is 645 g/mol. The third-order valence-electron chi connectivity index (χ3n) is 4.57. The summed E-state index contributed by atoms with van der Waals surface area (Å²) >= 11 is 5.48. The molecule has 17 nitrogen and oxygen atoms in total. The minimum Gasteiger partial charge on any atom is -1.00 e. The fraction of sp³-hybridized carbons (Fsp3) is 0.500. The van der Waals surface area contributed by atoms with Gasteiger partial charge >= 0.3 is 52.9 Å². The van der Waals surface area contributed by atoms with Crippen molar-refractivity contribution >= 4 is 34.9 Å². The normalized spacial score (nSPS) is 11.0. The number of halogens is 1. The zero-order valence-electron chi connectivity index (χ0n) is 25.5. The van der Waals surface area contributed by atoms with E-state index in [1.807, 2.05) is 0 Å². The maximum atomic E-state index is 11.4. The van der Waals surface area contributed by atoms with Crippen LogP contribution in [0.5, 0.6) is 5.88 Å². The van der Waals surface area contributed by atoms with E-state index in [1.54, 1.807) is 7.11 Å². The summed E-state index contributed by atoms with van der Waals surface area (Å²) in [4.78, 5) is 49.4. The standard InChI is InChI=1S/C10H12N2O6.C7H5ClN2O4.C4H8O.C3H8O2.Na.H/c1-16-3-4-18-9-5-7(10(13)17-2)8(6-11-9)12(14)15;1-14-7(11)4-2-6(8)9-3-5(4)10(12)13;1-2-4-5-3-1;1-5-3-2-4;;/h5-6H,3-4H2,1-2H3;2-3H,1H3;1-4H2;4H,2-3H2,1H3;;/q;;;;+1;-1. The Balaban J connectivity index is -0.000000570. The summed E-state index contributed by atoms with van der Waals surface area (Å²) in [7, 11) is 5.32. The van der Waals surface area contributed by atoms with Gasteiger partial charge in [0.05, 0.1) is 43.9 Å². The van der Waals surface area contributed by atoms with Gasteiger partial charge in [-0.2, -0.15) is 0 Å². The van der Waals surface area contributed by atoms with Crippen LogP contribution in [-0.2, 0) is 23.7 Å². The predicted molar refractivity (Wildman–Crippen MR) is 147 cm³/mol. The number of aliphatic hydroxyl groups excluding tert-OH is 1. The number of carbonyl (C=O) groups is 2. The van der Waals surface area contributed by atoms with Crippen molar-refractivity contribution in [3.05, 3.63) is 61.0 Å². The Kier molecular flexibility index (Phi) is 24.9. The fourth-order valence-electron chi connectivity index (χ4n) is 2.60. The van der Waals surface area contributed by atoms with E-state index in [9.17, 15) is 29.8 Å². The molecule has 1 fully saturated rings. The number of rotatable bonds is 10. The van der Waals surface area contributed by atoms with Gasteiger partial charge in [0.15, 0.2) is 0 Å². The number of methoxy groups -OCH3 is 4. The summed E-state index contributed by atoms with van der Waals surface area (Å²) < 4.78 is 28.1. The Morgan fingerprint density at radius 1 is 0.907 bits per heavy atom. The SMILES string of the molecule is C1CCOC1.COC(=O)c1cc(Cl)ncc1[N+](=O)[O-].COCCO.COCCOc1cc(C(=O)OC)c([N+](=O)[O-])cn1.[H-].[Na+]. The molecule has 1 aliphatic heterocycles. The first-order chi connectivity index (χ1) is 20.1. The first-order valence-electron chi connectivity index (χ1n) is 12.0. The molecule has 19 heteroatoms. The molecule has 0 radical (unpaired) electrons. The number of esters is 2. The van der Waals surface area contributed by atoms with Crippen molar-refractivity contribution in [1.82, 2.24) is 9.97 Å². The van der Waals surface area contributed by atoms with Crippen LogP contribution in [0.1, 0.15) is 35.0 Å². The van der Waals surface area contributed by atoms with Crippen molar-refractivity contribution in [2.24, 2.45) is 0 Å². The molecule has 3 heterocycles. The minimum absolute atomic E-state index is 0. The van der Waals surface area contributed by atoms with E-state index in [0.29, 0.717) is 13.2 Å². The van der Waals surface area contributed by atoms with Gasteiger partial charge in [-0.15, -0.1) is 0 Å².